The first-order chi connectivity index (χ1) is 14.1. The summed E-state index contributed by atoms with van der Waals surface area (Å²) >= 11 is 3.12. The minimum Gasteiger partial charge on any atom is -0.278 e. The molecule has 1 amide bonds. The van der Waals surface area contributed by atoms with Crippen LogP contribution in [0.2, 0.25) is 0 Å². The van der Waals surface area contributed by atoms with Crippen LogP contribution in [-0.2, 0) is 6.54 Å². The normalized spacial score (nSPS) is 11.0. The summed E-state index contributed by atoms with van der Waals surface area (Å²) < 4.78 is 1.09. The molecular weight excluding hydrogens is 398 g/mol. The van der Waals surface area contributed by atoms with E-state index in [0.29, 0.717) is 17.2 Å². The van der Waals surface area contributed by atoms with Crippen molar-refractivity contribution in [2.75, 3.05) is 11.2 Å². The minimum atomic E-state index is -0.0611. The van der Waals surface area contributed by atoms with Crippen LogP contribution in [0, 0.1) is 13.8 Å². The van der Waals surface area contributed by atoms with Gasteiger partial charge in [0, 0.05) is 11.1 Å². The summed E-state index contributed by atoms with van der Waals surface area (Å²) in [5, 5.41) is 0.695. The molecule has 0 aliphatic heterocycles. The second-order valence-electron chi connectivity index (χ2n) is 6.84. The molecular formula is C23H21N3OS2. The zero-order valence-corrected chi connectivity index (χ0v) is 18.2. The lowest BCUT2D eigenvalue weighted by Gasteiger charge is -2.20. The molecule has 0 aliphatic rings. The van der Waals surface area contributed by atoms with E-state index in [1.54, 1.807) is 34.2 Å². The van der Waals surface area contributed by atoms with E-state index in [9.17, 15) is 4.79 Å². The monoisotopic (exact) mass is 419 g/mol. The highest BCUT2D eigenvalue weighted by molar-refractivity contribution is 7.98. The van der Waals surface area contributed by atoms with Gasteiger partial charge in [0.25, 0.3) is 5.91 Å². The van der Waals surface area contributed by atoms with Crippen LogP contribution in [0.4, 0.5) is 5.13 Å². The smallest absolute Gasteiger partial charge is 0.261 e. The Labute approximate surface area is 178 Å². The van der Waals surface area contributed by atoms with E-state index in [-0.39, 0.29) is 5.91 Å². The van der Waals surface area contributed by atoms with E-state index in [1.165, 1.54) is 5.56 Å². The number of amides is 1. The highest BCUT2D eigenvalue weighted by Gasteiger charge is 2.24. The first kappa shape index (κ1) is 19.6. The van der Waals surface area contributed by atoms with Gasteiger partial charge in [-0.05, 0) is 61.6 Å². The van der Waals surface area contributed by atoms with Crippen LogP contribution in [0.25, 0.3) is 10.2 Å². The topological polar surface area (TPSA) is 46.1 Å². The Morgan fingerprint density at radius 2 is 1.90 bits per heavy atom. The fraction of sp³-hybridized carbons (Fsp3) is 0.174. The molecule has 6 heteroatoms. The number of nitrogens with zero attached hydrogens (tertiary/aromatic N) is 3. The summed E-state index contributed by atoms with van der Waals surface area (Å²) in [7, 11) is 0. The highest BCUT2D eigenvalue weighted by atomic mass is 32.2. The van der Waals surface area contributed by atoms with Crippen molar-refractivity contribution >= 4 is 44.4 Å². The number of aryl methyl sites for hydroxylation is 2. The van der Waals surface area contributed by atoms with Crippen molar-refractivity contribution in [2.45, 2.75) is 25.3 Å². The third kappa shape index (κ3) is 4.04. The number of hydrogen-bond donors (Lipinski definition) is 0. The second kappa shape index (κ2) is 8.35. The molecule has 0 unspecified atom stereocenters. The number of carbonyl (C=O) groups excluding carboxylic acids is 1. The number of pyridine rings is 1. The van der Waals surface area contributed by atoms with Crippen LogP contribution in [-0.4, -0.2) is 22.1 Å². The van der Waals surface area contributed by atoms with E-state index >= 15 is 0 Å². The Hall–Kier alpha value is -2.70. The summed E-state index contributed by atoms with van der Waals surface area (Å²) in [4.78, 5) is 25.6. The number of anilines is 1. The number of rotatable bonds is 5. The van der Waals surface area contributed by atoms with Crippen LogP contribution in [0.15, 0.2) is 65.7 Å². The van der Waals surface area contributed by atoms with E-state index < -0.39 is 0 Å². The SMILES string of the molecule is CSc1ccccc1C(=O)N(Cc1ccccn1)c1nc2c(C)cc(C)cc2s1. The number of thioether (sulfide) groups is 1. The fourth-order valence-corrected chi connectivity index (χ4v) is 5.05. The summed E-state index contributed by atoms with van der Waals surface area (Å²) in [6, 6.07) is 17.7. The Morgan fingerprint density at radius 1 is 1.10 bits per heavy atom. The molecule has 146 valence electrons. The average molecular weight is 420 g/mol. The molecule has 0 saturated heterocycles. The summed E-state index contributed by atoms with van der Waals surface area (Å²) in [6.07, 6.45) is 3.73. The summed E-state index contributed by atoms with van der Waals surface area (Å²) in [5.74, 6) is -0.0611. The fourth-order valence-electron chi connectivity index (χ4n) is 3.32. The van der Waals surface area contributed by atoms with E-state index in [1.807, 2.05) is 48.7 Å². The molecule has 0 saturated carbocycles. The molecule has 0 atom stereocenters. The van der Waals surface area contributed by atoms with Crippen LogP contribution in [0.3, 0.4) is 0 Å². The maximum Gasteiger partial charge on any atom is 0.261 e. The first-order valence-corrected chi connectivity index (χ1v) is 11.3. The lowest BCUT2D eigenvalue weighted by molar-refractivity contribution is 0.0982. The van der Waals surface area contributed by atoms with Crippen LogP contribution in [0.5, 0.6) is 0 Å². The molecule has 2 heterocycles. The van der Waals surface area contributed by atoms with Crippen molar-refractivity contribution in [1.82, 2.24) is 9.97 Å². The van der Waals surface area contributed by atoms with E-state index in [4.69, 9.17) is 4.98 Å². The summed E-state index contributed by atoms with van der Waals surface area (Å²) in [5.41, 5.74) is 4.78. The predicted octanol–water partition coefficient (Wildman–Crippen LogP) is 5.88. The van der Waals surface area contributed by atoms with Crippen molar-refractivity contribution in [2.24, 2.45) is 0 Å². The number of hydrogen-bond acceptors (Lipinski definition) is 5. The number of aromatic nitrogens is 2. The van der Waals surface area contributed by atoms with Crippen LogP contribution >= 0.6 is 23.1 Å². The largest absolute Gasteiger partial charge is 0.278 e. The Balaban J connectivity index is 1.82. The van der Waals surface area contributed by atoms with Gasteiger partial charge >= 0.3 is 0 Å². The van der Waals surface area contributed by atoms with Gasteiger partial charge in [0.1, 0.15) is 0 Å². The lowest BCUT2D eigenvalue weighted by Crippen LogP contribution is -2.31. The molecule has 2 aromatic heterocycles. The van der Waals surface area contributed by atoms with Gasteiger partial charge in [-0.25, -0.2) is 4.98 Å². The molecule has 0 aliphatic carbocycles. The van der Waals surface area contributed by atoms with Crippen molar-refractivity contribution in [1.29, 1.82) is 0 Å². The average Bonchev–Trinajstić information content (AvgIpc) is 3.16. The zero-order chi connectivity index (χ0) is 20.4. The number of benzene rings is 2. The molecule has 0 fully saturated rings. The maximum atomic E-state index is 13.6. The molecule has 2 aromatic carbocycles. The van der Waals surface area contributed by atoms with Gasteiger partial charge in [0.15, 0.2) is 5.13 Å². The van der Waals surface area contributed by atoms with Crippen molar-refractivity contribution in [3.05, 3.63) is 83.2 Å². The quantitative estimate of drug-likeness (QED) is 0.379. The third-order valence-corrected chi connectivity index (χ3v) is 6.50. The maximum absolute atomic E-state index is 13.6. The first-order valence-electron chi connectivity index (χ1n) is 9.29. The van der Waals surface area contributed by atoms with Gasteiger partial charge < -0.3 is 0 Å². The second-order valence-corrected chi connectivity index (χ2v) is 8.69. The molecule has 29 heavy (non-hydrogen) atoms. The van der Waals surface area contributed by atoms with Gasteiger partial charge in [0.2, 0.25) is 0 Å². The van der Waals surface area contributed by atoms with Gasteiger partial charge in [-0.3, -0.25) is 14.7 Å². The van der Waals surface area contributed by atoms with Crippen LogP contribution in [0.1, 0.15) is 27.2 Å². The molecule has 4 rings (SSSR count). The zero-order valence-electron chi connectivity index (χ0n) is 16.5. The van der Waals surface area contributed by atoms with Crippen molar-refractivity contribution in [3.8, 4) is 0 Å². The predicted molar refractivity (Wildman–Crippen MR) is 122 cm³/mol. The van der Waals surface area contributed by atoms with Crippen molar-refractivity contribution < 1.29 is 4.79 Å². The minimum absolute atomic E-state index is 0.0611. The Morgan fingerprint density at radius 3 is 2.66 bits per heavy atom. The molecule has 0 bridgehead atoms. The van der Waals surface area contributed by atoms with Gasteiger partial charge in [-0.15, -0.1) is 11.8 Å². The summed E-state index contributed by atoms with van der Waals surface area (Å²) in [6.45, 7) is 4.52. The van der Waals surface area contributed by atoms with Gasteiger partial charge in [-0.2, -0.15) is 0 Å². The van der Waals surface area contributed by atoms with Crippen LogP contribution < -0.4 is 4.90 Å². The Kier molecular flexibility index (Phi) is 5.65. The van der Waals surface area contributed by atoms with E-state index in [0.717, 1.165) is 26.4 Å². The number of carbonyl (C=O) groups is 1. The van der Waals surface area contributed by atoms with Gasteiger partial charge in [0.05, 0.1) is 28.0 Å². The van der Waals surface area contributed by atoms with Gasteiger partial charge in [-0.1, -0.05) is 35.6 Å². The Bertz CT molecular complexity index is 1170. The molecule has 0 N–H and O–H groups in total. The lowest BCUT2D eigenvalue weighted by atomic mass is 10.1. The molecule has 0 spiro atoms. The third-order valence-electron chi connectivity index (χ3n) is 4.68. The molecule has 0 radical (unpaired) electrons. The number of thiazole rings is 1. The molecule has 4 aromatic rings. The van der Waals surface area contributed by atoms with E-state index in [2.05, 4.69) is 31.0 Å². The number of fused-ring (bicyclic) bond motifs is 1. The van der Waals surface area contributed by atoms with Crippen molar-refractivity contribution in [3.63, 3.8) is 0 Å². The standard InChI is InChI=1S/C23H21N3OS2/c1-15-12-16(2)21-20(13-15)29-23(25-21)26(14-17-8-6-7-11-24-17)22(27)18-9-4-5-10-19(18)28-3/h4-13H,14H2,1-3H3. The molecule has 4 nitrogen and oxygen atoms in total. The highest BCUT2D eigenvalue weighted by Crippen LogP contribution is 2.34.